The van der Waals surface area contributed by atoms with Crippen LogP contribution in [0.5, 0.6) is 0 Å². The molecule has 0 atom stereocenters. The molecule has 0 aliphatic heterocycles. The molecule has 0 fully saturated rings. The van der Waals surface area contributed by atoms with E-state index >= 15 is 0 Å². The van der Waals surface area contributed by atoms with Crippen LogP contribution in [0.15, 0.2) is 36.7 Å². The van der Waals surface area contributed by atoms with E-state index in [2.05, 4.69) is 20.6 Å². The van der Waals surface area contributed by atoms with Gasteiger partial charge in [0.25, 0.3) is 0 Å². The monoisotopic (exact) mass is 283 g/mol. The van der Waals surface area contributed by atoms with Gasteiger partial charge in [0, 0.05) is 18.1 Å². The fourth-order valence-corrected chi connectivity index (χ4v) is 1.90. The van der Waals surface area contributed by atoms with E-state index in [0.29, 0.717) is 11.4 Å². The molecule has 2 rings (SSSR count). The van der Waals surface area contributed by atoms with E-state index < -0.39 is 5.54 Å². The summed E-state index contributed by atoms with van der Waals surface area (Å²) in [4.78, 5) is 19.1. The molecule has 21 heavy (non-hydrogen) atoms. The zero-order valence-corrected chi connectivity index (χ0v) is 12.0. The molecule has 1 aromatic carbocycles. The van der Waals surface area contributed by atoms with Crippen LogP contribution in [0.4, 0.5) is 5.69 Å². The van der Waals surface area contributed by atoms with Crippen LogP contribution in [-0.2, 0) is 10.3 Å². The lowest BCUT2D eigenvalue weighted by molar-refractivity contribution is -0.121. The van der Waals surface area contributed by atoms with E-state index in [1.165, 1.54) is 0 Å². The molecule has 2 aromatic rings. The smallest absolute Gasteiger partial charge is 0.240 e. The average Bonchev–Trinajstić information content (AvgIpc) is 3.00. The number of imidazole rings is 1. The summed E-state index contributed by atoms with van der Waals surface area (Å²) in [6.45, 7) is 3.91. The van der Waals surface area contributed by atoms with Gasteiger partial charge >= 0.3 is 0 Å². The van der Waals surface area contributed by atoms with Crippen molar-refractivity contribution >= 4 is 11.6 Å². The fourth-order valence-electron chi connectivity index (χ4n) is 1.90. The van der Waals surface area contributed by atoms with Crippen LogP contribution < -0.4 is 10.6 Å². The van der Waals surface area contributed by atoms with Crippen LogP contribution in [0.3, 0.4) is 0 Å². The first kappa shape index (κ1) is 14.6. The van der Waals surface area contributed by atoms with Crippen LogP contribution in [-0.4, -0.2) is 22.4 Å². The Morgan fingerprint density at radius 2 is 2.10 bits per heavy atom. The van der Waals surface area contributed by atoms with Gasteiger partial charge in [-0.15, -0.1) is 0 Å². The third kappa shape index (κ3) is 3.83. The van der Waals surface area contributed by atoms with E-state index in [-0.39, 0.29) is 12.5 Å². The van der Waals surface area contributed by atoms with Crippen molar-refractivity contribution < 1.29 is 4.79 Å². The Kier molecular flexibility index (Phi) is 4.24. The standard InChI is InChI=1S/C15H17N5O/c1-15(2,14-17-7-8-18-14)20-13(21)10-19-12-5-3-11(9-16)4-6-12/h3-8,19H,10H2,1-2H3,(H,17,18)(H,20,21). The molecule has 6 nitrogen and oxygen atoms in total. The van der Waals surface area contributed by atoms with Crippen molar-refractivity contribution in [3.8, 4) is 6.07 Å². The lowest BCUT2D eigenvalue weighted by Gasteiger charge is -2.24. The van der Waals surface area contributed by atoms with Gasteiger partial charge in [-0.3, -0.25) is 4.79 Å². The average molecular weight is 283 g/mol. The number of rotatable bonds is 5. The van der Waals surface area contributed by atoms with Crippen LogP contribution >= 0.6 is 0 Å². The first-order chi connectivity index (χ1) is 10.0. The molecule has 0 aliphatic rings. The normalized spacial score (nSPS) is 10.7. The molecule has 108 valence electrons. The molecule has 0 aliphatic carbocycles. The topological polar surface area (TPSA) is 93.6 Å². The summed E-state index contributed by atoms with van der Waals surface area (Å²) in [5, 5.41) is 14.6. The molecule has 0 saturated heterocycles. The molecule has 1 heterocycles. The molecule has 0 saturated carbocycles. The Hall–Kier alpha value is -2.81. The van der Waals surface area contributed by atoms with Gasteiger partial charge in [0.2, 0.25) is 5.91 Å². The van der Waals surface area contributed by atoms with Crippen molar-refractivity contribution in [2.75, 3.05) is 11.9 Å². The van der Waals surface area contributed by atoms with Crippen molar-refractivity contribution in [1.82, 2.24) is 15.3 Å². The molecule has 6 heteroatoms. The van der Waals surface area contributed by atoms with E-state index in [1.807, 2.05) is 19.9 Å². The van der Waals surface area contributed by atoms with Gasteiger partial charge < -0.3 is 15.6 Å². The number of nitrogens with one attached hydrogen (secondary N) is 3. The number of aromatic nitrogens is 2. The van der Waals surface area contributed by atoms with Crippen molar-refractivity contribution in [3.05, 3.63) is 48.0 Å². The highest BCUT2D eigenvalue weighted by molar-refractivity contribution is 5.81. The van der Waals surface area contributed by atoms with Crippen LogP contribution in [0.1, 0.15) is 25.2 Å². The summed E-state index contributed by atoms with van der Waals surface area (Å²) in [5.41, 5.74) is 0.816. The fraction of sp³-hybridized carbons (Fsp3) is 0.267. The van der Waals surface area contributed by atoms with Gasteiger partial charge in [0.05, 0.1) is 23.7 Å². The molecule has 0 bridgehead atoms. The molecular formula is C15H17N5O. The Bertz CT molecular complexity index is 638. The summed E-state index contributed by atoms with van der Waals surface area (Å²) in [6.07, 6.45) is 3.37. The predicted octanol–water partition coefficient (Wildman–Crippen LogP) is 1.74. The number of amides is 1. The van der Waals surface area contributed by atoms with Crippen LogP contribution in [0, 0.1) is 11.3 Å². The Morgan fingerprint density at radius 3 is 2.67 bits per heavy atom. The summed E-state index contributed by atoms with van der Waals surface area (Å²) in [5.74, 6) is 0.565. The summed E-state index contributed by atoms with van der Waals surface area (Å²) in [6, 6.07) is 8.99. The van der Waals surface area contributed by atoms with E-state index in [0.717, 1.165) is 5.69 Å². The first-order valence-electron chi connectivity index (χ1n) is 6.56. The number of benzene rings is 1. The Balaban J connectivity index is 1.88. The lowest BCUT2D eigenvalue weighted by Crippen LogP contribution is -2.44. The SMILES string of the molecule is CC(C)(NC(=O)CNc1ccc(C#N)cc1)c1ncc[nH]1. The van der Waals surface area contributed by atoms with Gasteiger partial charge in [0.1, 0.15) is 5.82 Å². The summed E-state index contributed by atoms with van der Waals surface area (Å²) < 4.78 is 0. The van der Waals surface area contributed by atoms with Crippen LogP contribution in [0.2, 0.25) is 0 Å². The number of aromatic amines is 1. The quantitative estimate of drug-likeness (QED) is 0.779. The molecule has 0 unspecified atom stereocenters. The number of nitrogens with zero attached hydrogens (tertiary/aromatic N) is 2. The van der Waals surface area contributed by atoms with Crippen molar-refractivity contribution in [3.63, 3.8) is 0 Å². The van der Waals surface area contributed by atoms with E-state index in [9.17, 15) is 4.79 Å². The summed E-state index contributed by atoms with van der Waals surface area (Å²) in [7, 11) is 0. The summed E-state index contributed by atoms with van der Waals surface area (Å²) >= 11 is 0. The molecule has 3 N–H and O–H groups in total. The minimum Gasteiger partial charge on any atom is -0.376 e. The highest BCUT2D eigenvalue weighted by Gasteiger charge is 2.24. The number of hydrogen-bond donors (Lipinski definition) is 3. The lowest BCUT2D eigenvalue weighted by atomic mass is 10.1. The highest BCUT2D eigenvalue weighted by atomic mass is 16.2. The minimum absolute atomic E-state index is 0.138. The Labute approximate surface area is 123 Å². The first-order valence-corrected chi connectivity index (χ1v) is 6.56. The van der Waals surface area contributed by atoms with Gasteiger partial charge in [0.15, 0.2) is 0 Å². The molecule has 1 amide bonds. The van der Waals surface area contributed by atoms with Crippen molar-refractivity contribution in [1.29, 1.82) is 5.26 Å². The molecule has 1 aromatic heterocycles. The second-order valence-electron chi connectivity index (χ2n) is 5.15. The maximum absolute atomic E-state index is 12.0. The number of nitriles is 1. The molecule has 0 radical (unpaired) electrons. The number of H-pyrrole nitrogens is 1. The van der Waals surface area contributed by atoms with Crippen molar-refractivity contribution in [2.45, 2.75) is 19.4 Å². The number of anilines is 1. The van der Waals surface area contributed by atoms with Gasteiger partial charge in [-0.1, -0.05) is 0 Å². The number of carbonyl (C=O) groups excluding carboxylic acids is 1. The zero-order valence-electron chi connectivity index (χ0n) is 12.0. The van der Waals surface area contributed by atoms with E-state index in [1.54, 1.807) is 36.7 Å². The largest absolute Gasteiger partial charge is 0.376 e. The Morgan fingerprint density at radius 1 is 1.38 bits per heavy atom. The zero-order chi connectivity index (χ0) is 15.3. The highest BCUT2D eigenvalue weighted by Crippen LogP contribution is 2.15. The minimum atomic E-state index is -0.563. The third-order valence-corrected chi connectivity index (χ3v) is 3.01. The third-order valence-electron chi connectivity index (χ3n) is 3.01. The second-order valence-corrected chi connectivity index (χ2v) is 5.15. The van der Waals surface area contributed by atoms with Gasteiger partial charge in [-0.05, 0) is 38.1 Å². The second kappa shape index (κ2) is 6.09. The maximum Gasteiger partial charge on any atom is 0.240 e. The predicted molar refractivity (Wildman–Crippen MR) is 79.4 cm³/mol. The van der Waals surface area contributed by atoms with E-state index in [4.69, 9.17) is 5.26 Å². The molecule has 0 spiro atoms. The van der Waals surface area contributed by atoms with Gasteiger partial charge in [-0.2, -0.15) is 5.26 Å². The number of carbonyl (C=O) groups is 1. The van der Waals surface area contributed by atoms with Crippen LogP contribution in [0.25, 0.3) is 0 Å². The number of hydrogen-bond acceptors (Lipinski definition) is 4. The molecular weight excluding hydrogens is 266 g/mol. The maximum atomic E-state index is 12.0. The van der Waals surface area contributed by atoms with Crippen molar-refractivity contribution in [2.24, 2.45) is 0 Å². The van der Waals surface area contributed by atoms with Gasteiger partial charge in [-0.25, -0.2) is 4.98 Å².